The van der Waals surface area contributed by atoms with Crippen LogP contribution in [0.25, 0.3) is 0 Å². The van der Waals surface area contributed by atoms with Gasteiger partial charge in [-0.05, 0) is 11.6 Å². The monoisotopic (exact) mass is 230 g/mol. The molecule has 2 N–H and O–H groups in total. The van der Waals surface area contributed by atoms with Crippen molar-refractivity contribution in [3.63, 3.8) is 0 Å². The van der Waals surface area contributed by atoms with Gasteiger partial charge in [0.25, 0.3) is 10.0 Å². The molecule has 0 radical (unpaired) electrons. The van der Waals surface area contributed by atoms with Crippen LogP contribution in [0.15, 0.2) is 22.6 Å². The average Bonchev–Trinajstić information content (AvgIpc) is 2.00. The molecule has 1 aromatic rings. The van der Waals surface area contributed by atoms with Gasteiger partial charge in [0.2, 0.25) is 0 Å². The van der Waals surface area contributed by atoms with Crippen molar-refractivity contribution < 1.29 is 8.42 Å². The number of benzene rings is 1. The van der Waals surface area contributed by atoms with Crippen molar-refractivity contribution >= 4 is 27.5 Å². The molecule has 0 bridgehead atoms. The van der Waals surface area contributed by atoms with E-state index in [-0.39, 0.29) is 11.6 Å². The first kappa shape index (κ1) is 9.48. The van der Waals surface area contributed by atoms with Crippen LogP contribution < -0.4 is 5.73 Å². The number of rotatable bonds is 0. The van der Waals surface area contributed by atoms with Gasteiger partial charge in [-0.2, -0.15) is 0 Å². The van der Waals surface area contributed by atoms with Crippen molar-refractivity contribution in [2.75, 3.05) is 0 Å². The standard InChI is InChI=1S/C8H7ClN2O2S/c9-6-3-1-2-5-4-14(12,13)11-8(10)7(5)6/h1-3H,4H2,(H2,10,11). The van der Waals surface area contributed by atoms with Gasteiger partial charge < -0.3 is 5.73 Å². The number of nitrogens with zero attached hydrogens (tertiary/aromatic N) is 1. The summed E-state index contributed by atoms with van der Waals surface area (Å²) in [4.78, 5) is 0. The maximum absolute atomic E-state index is 11.2. The smallest absolute Gasteiger partial charge is 0.259 e. The van der Waals surface area contributed by atoms with Gasteiger partial charge in [0, 0.05) is 5.56 Å². The van der Waals surface area contributed by atoms with Gasteiger partial charge in [-0.1, -0.05) is 23.7 Å². The van der Waals surface area contributed by atoms with Crippen LogP contribution in [-0.4, -0.2) is 14.3 Å². The van der Waals surface area contributed by atoms with Crippen molar-refractivity contribution in [3.05, 3.63) is 34.3 Å². The van der Waals surface area contributed by atoms with Gasteiger partial charge in [-0.15, -0.1) is 4.40 Å². The van der Waals surface area contributed by atoms with Crippen molar-refractivity contribution in [2.24, 2.45) is 10.1 Å². The summed E-state index contributed by atoms with van der Waals surface area (Å²) in [5, 5.41) is 0.429. The normalized spacial score (nSPS) is 18.5. The minimum atomic E-state index is -3.46. The van der Waals surface area contributed by atoms with Crippen molar-refractivity contribution in [1.82, 2.24) is 0 Å². The van der Waals surface area contributed by atoms with Crippen molar-refractivity contribution in [3.8, 4) is 0 Å². The highest BCUT2D eigenvalue weighted by molar-refractivity contribution is 7.89. The molecule has 4 nitrogen and oxygen atoms in total. The summed E-state index contributed by atoms with van der Waals surface area (Å²) in [5.74, 6) is -0.166. The fourth-order valence-corrected chi connectivity index (χ4v) is 2.78. The van der Waals surface area contributed by atoms with Crippen LogP contribution in [0.5, 0.6) is 0 Å². The van der Waals surface area contributed by atoms with E-state index in [1.54, 1.807) is 18.2 Å². The van der Waals surface area contributed by atoms with Gasteiger partial charge in [-0.3, -0.25) is 0 Å². The number of amidine groups is 1. The second kappa shape index (κ2) is 2.96. The molecular weight excluding hydrogens is 224 g/mol. The zero-order valence-corrected chi connectivity index (χ0v) is 8.64. The molecule has 0 spiro atoms. The lowest BCUT2D eigenvalue weighted by Gasteiger charge is -2.14. The number of hydrogen-bond acceptors (Lipinski definition) is 3. The first-order valence-corrected chi connectivity index (χ1v) is 5.84. The average molecular weight is 231 g/mol. The quantitative estimate of drug-likeness (QED) is 0.719. The molecule has 1 aliphatic heterocycles. The second-order valence-corrected chi connectivity index (χ2v) is 5.02. The zero-order valence-electron chi connectivity index (χ0n) is 7.07. The summed E-state index contributed by atoms with van der Waals surface area (Å²) in [6.45, 7) is 0. The summed E-state index contributed by atoms with van der Waals surface area (Å²) >= 11 is 5.87. The summed E-state index contributed by atoms with van der Waals surface area (Å²) in [5.41, 5.74) is 6.64. The summed E-state index contributed by atoms with van der Waals surface area (Å²) in [6, 6.07) is 5.02. The first-order chi connectivity index (χ1) is 6.49. The third-order valence-corrected chi connectivity index (χ3v) is 3.40. The van der Waals surface area contributed by atoms with Gasteiger partial charge >= 0.3 is 0 Å². The van der Waals surface area contributed by atoms with E-state index in [9.17, 15) is 8.42 Å². The lowest BCUT2D eigenvalue weighted by atomic mass is 10.1. The summed E-state index contributed by atoms with van der Waals surface area (Å²) in [7, 11) is -3.46. The Labute approximate surface area is 86.5 Å². The Bertz CT molecular complexity index is 522. The molecule has 0 fully saturated rings. The predicted octanol–water partition coefficient (Wildman–Crippen LogP) is 0.889. The lowest BCUT2D eigenvalue weighted by molar-refractivity contribution is 0.596. The molecule has 1 aromatic carbocycles. The molecule has 6 heteroatoms. The summed E-state index contributed by atoms with van der Waals surface area (Å²) < 4.78 is 25.8. The molecular formula is C8H7ClN2O2S. The molecule has 0 amide bonds. The Morgan fingerprint density at radius 1 is 1.43 bits per heavy atom. The molecule has 0 aliphatic carbocycles. The van der Waals surface area contributed by atoms with Gasteiger partial charge in [-0.25, -0.2) is 8.42 Å². The molecule has 74 valence electrons. The minimum absolute atomic E-state index is 0.0307. The third kappa shape index (κ3) is 1.49. The van der Waals surface area contributed by atoms with Crippen LogP contribution in [0.2, 0.25) is 5.02 Å². The van der Waals surface area contributed by atoms with E-state index in [0.717, 1.165) is 0 Å². The Hall–Kier alpha value is -1.07. The Balaban J connectivity index is 2.74. The molecule has 2 rings (SSSR count). The van der Waals surface area contributed by atoms with Crippen LogP contribution in [0.1, 0.15) is 11.1 Å². The SMILES string of the molecule is NC1=NS(=O)(=O)Cc2cccc(Cl)c21. The fourth-order valence-electron chi connectivity index (χ4n) is 1.40. The second-order valence-electron chi connectivity index (χ2n) is 2.98. The maximum atomic E-state index is 11.2. The van der Waals surface area contributed by atoms with Crippen LogP contribution in [0, 0.1) is 0 Å². The van der Waals surface area contributed by atoms with E-state index in [0.29, 0.717) is 16.1 Å². The molecule has 1 aliphatic rings. The van der Waals surface area contributed by atoms with Crippen LogP contribution in [0.4, 0.5) is 0 Å². The molecule has 0 unspecified atom stereocenters. The molecule has 0 atom stereocenters. The predicted molar refractivity (Wildman–Crippen MR) is 54.8 cm³/mol. The van der Waals surface area contributed by atoms with E-state index in [2.05, 4.69) is 4.40 Å². The minimum Gasteiger partial charge on any atom is -0.382 e. The Morgan fingerprint density at radius 2 is 2.14 bits per heavy atom. The fraction of sp³-hybridized carbons (Fsp3) is 0.125. The van der Waals surface area contributed by atoms with Gasteiger partial charge in [0.15, 0.2) is 0 Å². The molecule has 14 heavy (non-hydrogen) atoms. The van der Waals surface area contributed by atoms with Crippen LogP contribution in [-0.2, 0) is 15.8 Å². The Kier molecular flexibility index (Phi) is 2.01. The van der Waals surface area contributed by atoms with Crippen LogP contribution in [0.3, 0.4) is 0 Å². The number of halogens is 1. The van der Waals surface area contributed by atoms with E-state index >= 15 is 0 Å². The van der Waals surface area contributed by atoms with E-state index in [1.807, 2.05) is 0 Å². The topological polar surface area (TPSA) is 72.5 Å². The number of sulfonamides is 1. The van der Waals surface area contributed by atoms with E-state index in [4.69, 9.17) is 17.3 Å². The van der Waals surface area contributed by atoms with Crippen molar-refractivity contribution in [1.29, 1.82) is 0 Å². The molecule has 1 heterocycles. The van der Waals surface area contributed by atoms with Gasteiger partial charge in [0.05, 0.1) is 10.8 Å². The van der Waals surface area contributed by atoms with Gasteiger partial charge in [0.1, 0.15) is 5.84 Å². The third-order valence-electron chi connectivity index (χ3n) is 1.93. The number of fused-ring (bicyclic) bond motifs is 1. The highest BCUT2D eigenvalue weighted by atomic mass is 35.5. The summed E-state index contributed by atoms with van der Waals surface area (Å²) in [6.07, 6.45) is 0. The molecule has 0 saturated carbocycles. The molecule has 0 saturated heterocycles. The maximum Gasteiger partial charge on any atom is 0.259 e. The highest BCUT2D eigenvalue weighted by Gasteiger charge is 2.23. The first-order valence-electron chi connectivity index (χ1n) is 3.85. The van der Waals surface area contributed by atoms with Crippen LogP contribution >= 0.6 is 11.6 Å². The highest BCUT2D eigenvalue weighted by Crippen LogP contribution is 2.25. The number of hydrogen-bond donors (Lipinski definition) is 1. The number of nitrogens with two attached hydrogens (primary N) is 1. The Morgan fingerprint density at radius 3 is 2.86 bits per heavy atom. The molecule has 0 aromatic heterocycles. The largest absolute Gasteiger partial charge is 0.382 e. The van der Waals surface area contributed by atoms with Crippen molar-refractivity contribution in [2.45, 2.75) is 5.75 Å². The van der Waals surface area contributed by atoms with E-state index < -0.39 is 10.0 Å². The zero-order chi connectivity index (χ0) is 10.3. The lowest BCUT2D eigenvalue weighted by Crippen LogP contribution is -2.24. The van der Waals surface area contributed by atoms with E-state index in [1.165, 1.54) is 0 Å².